The van der Waals surface area contributed by atoms with Gasteiger partial charge in [0.1, 0.15) is 23.9 Å². The zero-order valence-electron chi connectivity index (χ0n) is 31.5. The Morgan fingerprint density at radius 1 is 0.815 bits per heavy atom. The van der Waals surface area contributed by atoms with Gasteiger partial charge in [-0.15, -0.1) is 17.0 Å². The fourth-order valence-electron chi connectivity index (χ4n) is 6.10. The summed E-state index contributed by atoms with van der Waals surface area (Å²) in [7, 11) is 0. The zero-order chi connectivity index (χ0) is 37.2. The molecular weight excluding hydrogens is 762 g/mol. The maximum absolute atomic E-state index is 13.1. The molecule has 0 unspecified atom stereocenters. The molecule has 6 rings (SSSR count). The average Bonchev–Trinajstić information content (AvgIpc) is 3.17. The SMILES string of the molecule is Br.Cc1ccc(COc2ccc(Oc3cc(Cl)c(C=CC(=O)N4CCN(Cc5ccc(CCOc6ccc(C(C)C)cc6)cc5)CC4)cc3C)nc2)cc1. The summed E-state index contributed by atoms with van der Waals surface area (Å²) in [4.78, 5) is 21.8. The van der Waals surface area contributed by atoms with E-state index < -0.39 is 0 Å². The average molecular weight is 811 g/mol. The number of halogens is 2. The Morgan fingerprint density at radius 3 is 2.15 bits per heavy atom. The molecule has 9 heteroatoms. The minimum absolute atomic E-state index is 0. The van der Waals surface area contributed by atoms with Gasteiger partial charge < -0.3 is 19.1 Å². The first-order valence-corrected chi connectivity index (χ1v) is 18.7. The molecule has 4 aromatic carbocycles. The minimum Gasteiger partial charge on any atom is -0.493 e. The van der Waals surface area contributed by atoms with Crippen molar-refractivity contribution in [3.05, 3.63) is 153 Å². The second-order valence-corrected chi connectivity index (χ2v) is 14.3. The highest BCUT2D eigenvalue weighted by atomic mass is 79.9. The van der Waals surface area contributed by atoms with Crippen LogP contribution in [-0.2, 0) is 24.4 Å². The van der Waals surface area contributed by atoms with Gasteiger partial charge in [-0.2, -0.15) is 0 Å². The molecule has 0 N–H and O–H groups in total. The molecule has 1 aromatic heterocycles. The van der Waals surface area contributed by atoms with E-state index >= 15 is 0 Å². The first-order valence-electron chi connectivity index (χ1n) is 18.3. The van der Waals surface area contributed by atoms with Crippen LogP contribution in [0.15, 0.2) is 109 Å². The van der Waals surface area contributed by atoms with E-state index in [0.29, 0.717) is 54.6 Å². The van der Waals surface area contributed by atoms with Crippen molar-refractivity contribution in [2.75, 3.05) is 32.8 Å². The van der Waals surface area contributed by atoms with Crippen molar-refractivity contribution < 1.29 is 19.0 Å². The van der Waals surface area contributed by atoms with E-state index in [-0.39, 0.29) is 22.9 Å². The second kappa shape index (κ2) is 19.6. The second-order valence-electron chi connectivity index (χ2n) is 13.9. The van der Waals surface area contributed by atoms with Gasteiger partial charge >= 0.3 is 0 Å². The third kappa shape index (κ3) is 11.7. The number of amides is 1. The van der Waals surface area contributed by atoms with E-state index in [0.717, 1.165) is 48.5 Å². The summed E-state index contributed by atoms with van der Waals surface area (Å²) in [5.74, 6) is 3.11. The number of piperazine rings is 1. The molecule has 7 nitrogen and oxygen atoms in total. The van der Waals surface area contributed by atoms with Crippen LogP contribution in [-0.4, -0.2) is 53.5 Å². The van der Waals surface area contributed by atoms with Crippen molar-refractivity contribution >= 4 is 40.6 Å². The van der Waals surface area contributed by atoms with Crippen LogP contribution in [0.3, 0.4) is 0 Å². The third-order valence-corrected chi connectivity index (χ3v) is 9.80. The molecule has 0 spiro atoms. The van der Waals surface area contributed by atoms with Gasteiger partial charge in [-0.1, -0.05) is 91.7 Å². The number of hydrogen-bond donors (Lipinski definition) is 0. The lowest BCUT2D eigenvalue weighted by Gasteiger charge is -2.34. The quantitative estimate of drug-likeness (QED) is 0.104. The molecule has 1 aliphatic heterocycles. The van der Waals surface area contributed by atoms with E-state index in [4.69, 9.17) is 25.8 Å². The lowest BCUT2D eigenvalue weighted by molar-refractivity contribution is -0.127. The minimum atomic E-state index is -0.0185. The summed E-state index contributed by atoms with van der Waals surface area (Å²) < 4.78 is 17.9. The molecule has 1 aliphatic rings. The molecule has 5 aromatic rings. The van der Waals surface area contributed by atoms with Crippen molar-refractivity contribution in [2.24, 2.45) is 0 Å². The van der Waals surface area contributed by atoms with E-state index in [9.17, 15) is 4.79 Å². The van der Waals surface area contributed by atoms with Gasteiger partial charge in [-0.05, 0) is 83.5 Å². The molecule has 0 saturated carbocycles. The number of nitrogens with zero attached hydrogens (tertiary/aromatic N) is 3. The fourth-order valence-corrected chi connectivity index (χ4v) is 6.31. The van der Waals surface area contributed by atoms with Crippen LogP contribution in [0.1, 0.15) is 58.7 Å². The van der Waals surface area contributed by atoms with E-state index in [1.165, 1.54) is 22.3 Å². The molecule has 0 aliphatic carbocycles. The van der Waals surface area contributed by atoms with Crippen LogP contribution in [0.4, 0.5) is 0 Å². The summed E-state index contributed by atoms with van der Waals surface area (Å²) in [5, 5.41) is 0.493. The number of ether oxygens (including phenoxy) is 3. The maximum Gasteiger partial charge on any atom is 0.246 e. The number of rotatable bonds is 14. The number of hydrogen-bond acceptors (Lipinski definition) is 6. The predicted molar refractivity (Wildman–Crippen MR) is 223 cm³/mol. The predicted octanol–water partition coefficient (Wildman–Crippen LogP) is 10.4. The Morgan fingerprint density at radius 2 is 1.48 bits per heavy atom. The van der Waals surface area contributed by atoms with E-state index in [1.54, 1.807) is 30.5 Å². The van der Waals surface area contributed by atoms with Crippen LogP contribution in [0.25, 0.3) is 6.08 Å². The number of benzene rings is 4. The Hall–Kier alpha value is -4.63. The Kier molecular flexibility index (Phi) is 14.7. The molecule has 282 valence electrons. The molecule has 0 radical (unpaired) electrons. The van der Waals surface area contributed by atoms with Crippen molar-refractivity contribution in [1.29, 1.82) is 0 Å². The first-order chi connectivity index (χ1) is 25.7. The Bertz CT molecular complexity index is 1970. The lowest BCUT2D eigenvalue weighted by Crippen LogP contribution is -2.47. The first kappa shape index (κ1) is 40.6. The number of carbonyl (C=O) groups excluding carboxylic acids is 1. The van der Waals surface area contributed by atoms with Crippen LogP contribution < -0.4 is 14.2 Å². The molecule has 0 atom stereocenters. The Labute approximate surface area is 335 Å². The molecule has 1 fully saturated rings. The Balaban J connectivity index is 0.00000561. The van der Waals surface area contributed by atoms with Crippen molar-refractivity contribution in [3.8, 4) is 23.1 Å². The number of pyridine rings is 1. The summed E-state index contributed by atoms with van der Waals surface area (Å²) in [6.07, 6.45) is 5.90. The summed E-state index contributed by atoms with van der Waals surface area (Å²) in [6, 6.07) is 32.7. The molecule has 54 heavy (non-hydrogen) atoms. The van der Waals surface area contributed by atoms with Gasteiger partial charge in [0.2, 0.25) is 11.8 Å². The van der Waals surface area contributed by atoms with Crippen molar-refractivity contribution in [2.45, 2.75) is 53.2 Å². The molecule has 1 saturated heterocycles. The highest BCUT2D eigenvalue weighted by Gasteiger charge is 2.20. The number of carbonyl (C=O) groups is 1. The largest absolute Gasteiger partial charge is 0.493 e. The molecule has 2 heterocycles. The van der Waals surface area contributed by atoms with Crippen LogP contribution in [0.2, 0.25) is 5.02 Å². The van der Waals surface area contributed by atoms with Gasteiger partial charge in [0, 0.05) is 57.4 Å². The van der Waals surface area contributed by atoms with Gasteiger partial charge in [-0.25, -0.2) is 4.98 Å². The fraction of sp³-hybridized carbons (Fsp3) is 0.289. The van der Waals surface area contributed by atoms with Gasteiger partial charge in [0.15, 0.2) is 0 Å². The highest BCUT2D eigenvalue weighted by Crippen LogP contribution is 2.31. The summed E-state index contributed by atoms with van der Waals surface area (Å²) >= 11 is 6.63. The number of aromatic nitrogens is 1. The molecule has 0 bridgehead atoms. The topological polar surface area (TPSA) is 64.1 Å². The lowest BCUT2D eigenvalue weighted by atomic mass is 10.0. The molecular formula is C45H49BrClN3O4. The van der Waals surface area contributed by atoms with Crippen LogP contribution >= 0.6 is 28.6 Å². The summed E-state index contributed by atoms with van der Waals surface area (Å²) in [6.45, 7) is 13.4. The maximum atomic E-state index is 13.1. The van der Waals surface area contributed by atoms with Crippen molar-refractivity contribution in [1.82, 2.24) is 14.8 Å². The smallest absolute Gasteiger partial charge is 0.246 e. The summed E-state index contributed by atoms with van der Waals surface area (Å²) in [5.41, 5.74) is 7.79. The normalized spacial score (nSPS) is 13.2. The van der Waals surface area contributed by atoms with E-state index in [1.807, 2.05) is 24.0 Å². The zero-order valence-corrected chi connectivity index (χ0v) is 33.9. The van der Waals surface area contributed by atoms with Gasteiger partial charge in [0.05, 0.1) is 17.8 Å². The van der Waals surface area contributed by atoms with Crippen LogP contribution in [0, 0.1) is 13.8 Å². The van der Waals surface area contributed by atoms with Gasteiger partial charge in [0.25, 0.3) is 0 Å². The van der Waals surface area contributed by atoms with Gasteiger partial charge in [-0.3, -0.25) is 9.69 Å². The molecule has 1 amide bonds. The highest BCUT2D eigenvalue weighted by molar-refractivity contribution is 8.93. The van der Waals surface area contributed by atoms with Crippen molar-refractivity contribution in [3.63, 3.8) is 0 Å². The van der Waals surface area contributed by atoms with E-state index in [2.05, 4.69) is 103 Å². The third-order valence-electron chi connectivity index (χ3n) is 9.47. The standard InChI is InChI=1S/C45H48ClN3O4.BrH/c1-32(2)38-13-16-40(17-14-38)51-26-21-35-9-11-36(12-10-35)30-48-22-24-49(25-23-48)45(50)20-15-39-27-34(4)43(28-42(39)46)53-44-19-18-41(29-47-44)52-31-37-7-5-33(3)6-8-37;/h5-20,27-29,32H,21-26,30-31H2,1-4H3;1H. The monoisotopic (exact) mass is 809 g/mol. The van der Waals surface area contributed by atoms with Crippen LogP contribution in [0.5, 0.6) is 23.1 Å². The number of aryl methyl sites for hydroxylation is 2.